The minimum Gasteiger partial charge on any atom is -0.377 e. The second-order valence-electron chi connectivity index (χ2n) is 8.86. The highest BCUT2D eigenvalue weighted by molar-refractivity contribution is 5.91. The summed E-state index contributed by atoms with van der Waals surface area (Å²) in [5, 5.41) is 11.0. The third-order valence-electron chi connectivity index (χ3n) is 8.03. The highest BCUT2D eigenvalue weighted by Crippen LogP contribution is 2.65. The van der Waals surface area contributed by atoms with E-state index in [1.54, 1.807) is 0 Å². The molecule has 0 spiro atoms. The second kappa shape index (κ2) is 4.96. The van der Waals surface area contributed by atoms with Crippen molar-refractivity contribution in [3.63, 3.8) is 0 Å². The Hall–Kier alpha value is -1.07. The van der Waals surface area contributed by atoms with Gasteiger partial charge in [-0.1, -0.05) is 25.3 Å². The van der Waals surface area contributed by atoms with E-state index < -0.39 is 5.60 Å². The van der Waals surface area contributed by atoms with Crippen molar-refractivity contribution < 1.29 is 9.90 Å². The zero-order valence-corrected chi connectivity index (χ0v) is 14.3. The number of allylic oxidation sites excluding steroid dienone is 1. The maximum atomic E-state index is 11.8. The van der Waals surface area contributed by atoms with Gasteiger partial charge in [0.25, 0.3) is 0 Å². The second-order valence-corrected chi connectivity index (χ2v) is 8.86. The average Bonchev–Trinajstić information content (AvgIpc) is 2.79. The lowest BCUT2D eigenvalue weighted by molar-refractivity contribution is -0.117. The summed E-state index contributed by atoms with van der Waals surface area (Å²) in [6, 6.07) is 0. The monoisotopic (exact) mass is 312 g/mol. The number of hydrogen-bond donors (Lipinski definition) is 1. The molecule has 0 bridgehead atoms. The molecule has 0 aromatic carbocycles. The van der Waals surface area contributed by atoms with Crippen molar-refractivity contribution in [1.82, 2.24) is 0 Å². The van der Waals surface area contributed by atoms with Crippen LogP contribution in [0.25, 0.3) is 0 Å². The van der Waals surface area contributed by atoms with E-state index in [1.807, 2.05) is 6.08 Å². The summed E-state index contributed by atoms with van der Waals surface area (Å²) >= 11 is 0. The first-order chi connectivity index (χ1) is 10.9. The summed E-state index contributed by atoms with van der Waals surface area (Å²) in [7, 11) is 0. The molecule has 3 fully saturated rings. The number of fused-ring (bicyclic) bond motifs is 5. The van der Waals surface area contributed by atoms with Gasteiger partial charge in [-0.2, -0.15) is 0 Å². The van der Waals surface area contributed by atoms with E-state index >= 15 is 0 Å². The van der Waals surface area contributed by atoms with Gasteiger partial charge in [0.1, 0.15) is 5.60 Å². The standard InChI is InChI=1S/C21H28O2/c1-4-21(23)10-8-18-19-13(2)11-14-12-15(22)5-6-16(14)17(19)7-9-20(18,21)3/h1,12-13,16-19,23H,5-11H2,2-3H3/t13?,16-,17+,18-,19+,20-,21-/m0/s1. The minimum atomic E-state index is -0.916. The van der Waals surface area contributed by atoms with Gasteiger partial charge in [0.2, 0.25) is 0 Å². The fourth-order valence-corrected chi connectivity index (χ4v) is 6.84. The van der Waals surface area contributed by atoms with Crippen LogP contribution in [0.2, 0.25) is 0 Å². The molecular formula is C21H28O2. The van der Waals surface area contributed by atoms with Gasteiger partial charge in [0, 0.05) is 11.8 Å². The van der Waals surface area contributed by atoms with Crippen LogP contribution in [-0.2, 0) is 4.79 Å². The first-order valence-electron chi connectivity index (χ1n) is 9.33. The quantitative estimate of drug-likeness (QED) is 0.692. The first-order valence-corrected chi connectivity index (χ1v) is 9.33. The topological polar surface area (TPSA) is 37.3 Å². The lowest BCUT2D eigenvalue weighted by atomic mass is 9.48. The average molecular weight is 312 g/mol. The SMILES string of the molecule is C#C[C@]1(O)CC[C@H]2[C@@H]3C(C)CC4=CC(=O)CC[C@@H]4[C@H]3CC[C@@]21C. The van der Waals surface area contributed by atoms with Gasteiger partial charge in [0.05, 0.1) is 0 Å². The summed E-state index contributed by atoms with van der Waals surface area (Å²) in [6.07, 6.45) is 14.5. The van der Waals surface area contributed by atoms with Gasteiger partial charge in [-0.25, -0.2) is 0 Å². The van der Waals surface area contributed by atoms with Crippen LogP contribution in [0.5, 0.6) is 0 Å². The summed E-state index contributed by atoms with van der Waals surface area (Å²) < 4.78 is 0. The number of hydrogen-bond acceptors (Lipinski definition) is 2. The van der Waals surface area contributed by atoms with Crippen molar-refractivity contribution in [1.29, 1.82) is 0 Å². The van der Waals surface area contributed by atoms with Gasteiger partial charge < -0.3 is 5.11 Å². The molecule has 2 nitrogen and oxygen atoms in total. The third-order valence-corrected chi connectivity index (χ3v) is 8.03. The van der Waals surface area contributed by atoms with Gasteiger partial charge in [0.15, 0.2) is 5.78 Å². The van der Waals surface area contributed by atoms with Gasteiger partial charge in [-0.15, -0.1) is 6.42 Å². The Kier molecular flexibility index (Phi) is 3.34. The lowest BCUT2D eigenvalue weighted by Gasteiger charge is -2.56. The van der Waals surface area contributed by atoms with E-state index in [0.29, 0.717) is 35.4 Å². The Balaban J connectivity index is 1.70. The number of aliphatic hydroxyl groups is 1. The largest absolute Gasteiger partial charge is 0.377 e. The smallest absolute Gasteiger partial charge is 0.155 e. The van der Waals surface area contributed by atoms with Crippen LogP contribution >= 0.6 is 0 Å². The normalized spacial score (nSPS) is 52.0. The molecule has 0 saturated heterocycles. The van der Waals surface area contributed by atoms with Crippen LogP contribution in [0.1, 0.15) is 58.8 Å². The van der Waals surface area contributed by atoms with E-state index in [1.165, 1.54) is 5.57 Å². The molecule has 1 unspecified atom stereocenters. The molecule has 0 radical (unpaired) electrons. The van der Waals surface area contributed by atoms with Crippen molar-refractivity contribution in [2.24, 2.45) is 35.0 Å². The minimum absolute atomic E-state index is 0.122. The zero-order chi connectivity index (χ0) is 16.4. The van der Waals surface area contributed by atoms with Crippen LogP contribution in [0.4, 0.5) is 0 Å². The summed E-state index contributed by atoms with van der Waals surface area (Å²) in [5.74, 6) is 6.17. The van der Waals surface area contributed by atoms with Gasteiger partial charge >= 0.3 is 0 Å². The molecule has 23 heavy (non-hydrogen) atoms. The fourth-order valence-electron chi connectivity index (χ4n) is 6.84. The molecule has 124 valence electrons. The molecule has 0 aromatic rings. The molecule has 0 aliphatic heterocycles. The highest BCUT2D eigenvalue weighted by Gasteiger charge is 2.62. The van der Waals surface area contributed by atoms with E-state index in [4.69, 9.17) is 6.42 Å². The molecule has 2 heteroatoms. The van der Waals surface area contributed by atoms with Crippen molar-refractivity contribution in [2.45, 2.75) is 64.4 Å². The fraction of sp³-hybridized carbons (Fsp3) is 0.762. The van der Waals surface area contributed by atoms with Crippen LogP contribution in [0, 0.1) is 47.3 Å². The summed E-state index contributed by atoms with van der Waals surface area (Å²) in [4.78, 5) is 11.8. The van der Waals surface area contributed by atoms with Crippen molar-refractivity contribution >= 4 is 5.78 Å². The lowest BCUT2D eigenvalue weighted by Crippen LogP contribution is -2.53. The number of rotatable bonds is 0. The van der Waals surface area contributed by atoms with Crippen LogP contribution in [0.3, 0.4) is 0 Å². The Morgan fingerprint density at radius 1 is 1.30 bits per heavy atom. The molecule has 4 aliphatic rings. The molecule has 0 heterocycles. The van der Waals surface area contributed by atoms with E-state index in [0.717, 1.165) is 44.9 Å². The highest BCUT2D eigenvalue weighted by atomic mass is 16.3. The van der Waals surface area contributed by atoms with Crippen LogP contribution in [-0.4, -0.2) is 16.5 Å². The van der Waals surface area contributed by atoms with E-state index in [2.05, 4.69) is 19.8 Å². The summed E-state index contributed by atoms with van der Waals surface area (Å²) in [6.45, 7) is 4.59. The summed E-state index contributed by atoms with van der Waals surface area (Å²) in [5.41, 5.74) is 0.382. The van der Waals surface area contributed by atoms with Crippen LogP contribution in [0.15, 0.2) is 11.6 Å². The molecule has 0 aromatic heterocycles. The van der Waals surface area contributed by atoms with Gasteiger partial charge in [-0.05, 0) is 74.2 Å². The number of carbonyl (C=O) groups excluding carboxylic acids is 1. The third kappa shape index (κ3) is 1.96. The zero-order valence-electron chi connectivity index (χ0n) is 14.3. The van der Waals surface area contributed by atoms with Crippen molar-refractivity contribution in [2.75, 3.05) is 0 Å². The molecular weight excluding hydrogens is 284 g/mol. The number of carbonyl (C=O) groups is 1. The van der Waals surface area contributed by atoms with Crippen molar-refractivity contribution in [3.8, 4) is 12.3 Å². The predicted octanol–water partition coefficient (Wildman–Crippen LogP) is 3.74. The maximum absolute atomic E-state index is 11.8. The number of ketones is 1. The predicted molar refractivity (Wildman–Crippen MR) is 90.4 cm³/mol. The van der Waals surface area contributed by atoms with Gasteiger partial charge in [-0.3, -0.25) is 4.79 Å². The molecule has 4 aliphatic carbocycles. The molecule has 3 saturated carbocycles. The van der Waals surface area contributed by atoms with E-state index in [9.17, 15) is 9.90 Å². The van der Waals surface area contributed by atoms with Crippen molar-refractivity contribution in [3.05, 3.63) is 11.6 Å². The molecule has 7 atom stereocenters. The Bertz CT molecular complexity index is 612. The molecule has 0 amide bonds. The first kappa shape index (κ1) is 15.5. The maximum Gasteiger partial charge on any atom is 0.155 e. The molecule has 4 rings (SSSR count). The molecule has 1 N–H and O–H groups in total. The van der Waals surface area contributed by atoms with Crippen LogP contribution < -0.4 is 0 Å². The Labute approximate surface area is 139 Å². The Morgan fingerprint density at radius 2 is 2.09 bits per heavy atom. The Morgan fingerprint density at radius 3 is 2.83 bits per heavy atom. The number of terminal acetylenes is 1. The van der Waals surface area contributed by atoms with E-state index in [-0.39, 0.29) is 5.41 Å².